The standard InChI is InChI=1S/C24H27BrFN3O4/c25-19-11-18(26)5-6-20(19)28-9-7-15(8-10-28)12-27-23(32)21(30)22(31)24(33)29-13-16-3-1-2-4-17(16)14-29/h1-6,11,15,21-22,30-31H,7-10,12-14H2,(H,27,32)/t21-,22-/m1/s1. The number of nitrogens with one attached hydrogen (secondary N) is 1. The molecule has 0 bridgehead atoms. The molecule has 1 saturated heterocycles. The third-order valence-electron chi connectivity index (χ3n) is 6.40. The summed E-state index contributed by atoms with van der Waals surface area (Å²) in [7, 11) is 0. The van der Waals surface area contributed by atoms with Gasteiger partial charge in [-0.25, -0.2) is 4.39 Å². The van der Waals surface area contributed by atoms with E-state index in [1.54, 1.807) is 6.07 Å². The second kappa shape index (κ2) is 10.2. The molecule has 2 aromatic carbocycles. The molecule has 0 radical (unpaired) electrons. The van der Waals surface area contributed by atoms with Crippen molar-refractivity contribution < 1.29 is 24.2 Å². The van der Waals surface area contributed by atoms with Gasteiger partial charge in [0.25, 0.3) is 11.8 Å². The third kappa shape index (κ3) is 5.37. The number of carbonyl (C=O) groups is 2. The zero-order chi connectivity index (χ0) is 23.5. The number of fused-ring (bicyclic) bond motifs is 1. The van der Waals surface area contributed by atoms with Crippen LogP contribution < -0.4 is 10.2 Å². The van der Waals surface area contributed by atoms with E-state index < -0.39 is 24.0 Å². The van der Waals surface area contributed by atoms with E-state index in [-0.39, 0.29) is 11.7 Å². The van der Waals surface area contributed by atoms with Gasteiger partial charge < -0.3 is 25.3 Å². The van der Waals surface area contributed by atoms with E-state index >= 15 is 0 Å². The number of benzene rings is 2. The molecule has 0 saturated carbocycles. The van der Waals surface area contributed by atoms with Gasteiger partial charge in [0.05, 0.1) is 5.69 Å². The van der Waals surface area contributed by atoms with E-state index in [0.717, 1.165) is 42.7 Å². The van der Waals surface area contributed by atoms with Gasteiger partial charge >= 0.3 is 0 Å². The predicted molar refractivity (Wildman–Crippen MR) is 125 cm³/mol. The number of halogens is 2. The predicted octanol–water partition coefficient (Wildman–Crippen LogP) is 2.18. The molecule has 2 aliphatic rings. The minimum Gasteiger partial charge on any atom is -0.380 e. The average Bonchev–Trinajstić information content (AvgIpc) is 3.26. The van der Waals surface area contributed by atoms with E-state index in [1.165, 1.54) is 17.0 Å². The van der Waals surface area contributed by atoms with Crippen molar-refractivity contribution in [3.8, 4) is 0 Å². The molecule has 1 fully saturated rings. The lowest BCUT2D eigenvalue weighted by molar-refractivity contribution is -0.153. The highest BCUT2D eigenvalue weighted by Gasteiger charge is 2.35. The van der Waals surface area contributed by atoms with Gasteiger partial charge in [-0.1, -0.05) is 24.3 Å². The second-order valence-corrected chi connectivity index (χ2v) is 9.48. The van der Waals surface area contributed by atoms with E-state index in [2.05, 4.69) is 26.1 Å². The average molecular weight is 520 g/mol. The molecule has 3 N–H and O–H groups in total. The van der Waals surface area contributed by atoms with Gasteiger partial charge in [0, 0.05) is 37.2 Å². The Bertz CT molecular complexity index is 1000. The van der Waals surface area contributed by atoms with Crippen molar-refractivity contribution in [2.75, 3.05) is 24.5 Å². The Morgan fingerprint density at radius 2 is 1.70 bits per heavy atom. The molecule has 7 nitrogen and oxygen atoms in total. The molecule has 2 aromatic rings. The summed E-state index contributed by atoms with van der Waals surface area (Å²) in [6.07, 6.45) is -2.00. The van der Waals surface area contributed by atoms with Crippen LogP contribution in [0.2, 0.25) is 0 Å². The van der Waals surface area contributed by atoms with Crippen LogP contribution in [0.15, 0.2) is 46.9 Å². The Labute approximate surface area is 200 Å². The monoisotopic (exact) mass is 519 g/mol. The molecule has 33 heavy (non-hydrogen) atoms. The Kier molecular flexibility index (Phi) is 7.31. The molecular weight excluding hydrogens is 493 g/mol. The highest BCUT2D eigenvalue weighted by molar-refractivity contribution is 9.10. The highest BCUT2D eigenvalue weighted by Crippen LogP contribution is 2.30. The van der Waals surface area contributed by atoms with Crippen LogP contribution in [0.4, 0.5) is 10.1 Å². The molecule has 176 valence electrons. The van der Waals surface area contributed by atoms with E-state index in [0.29, 0.717) is 24.1 Å². The maximum Gasteiger partial charge on any atom is 0.255 e. The molecule has 2 heterocycles. The quantitative estimate of drug-likeness (QED) is 0.543. The first kappa shape index (κ1) is 23.7. The minimum atomic E-state index is -1.82. The normalized spacial score (nSPS) is 18.1. The van der Waals surface area contributed by atoms with Gasteiger partial charge in [0.2, 0.25) is 0 Å². The van der Waals surface area contributed by atoms with Gasteiger partial charge in [-0.3, -0.25) is 9.59 Å². The summed E-state index contributed by atoms with van der Waals surface area (Å²) >= 11 is 3.40. The molecule has 4 rings (SSSR count). The number of hydrogen-bond donors (Lipinski definition) is 3. The zero-order valence-electron chi connectivity index (χ0n) is 18.1. The lowest BCUT2D eigenvalue weighted by Crippen LogP contribution is -2.50. The summed E-state index contributed by atoms with van der Waals surface area (Å²) in [4.78, 5) is 28.6. The van der Waals surface area contributed by atoms with E-state index in [4.69, 9.17) is 0 Å². The number of nitrogens with zero attached hydrogens (tertiary/aromatic N) is 2. The fourth-order valence-corrected chi connectivity index (χ4v) is 5.02. The first-order valence-corrected chi connectivity index (χ1v) is 11.8. The summed E-state index contributed by atoms with van der Waals surface area (Å²) in [5.74, 6) is -1.50. The number of rotatable bonds is 6. The van der Waals surface area contributed by atoms with Crippen LogP contribution in [0.5, 0.6) is 0 Å². The van der Waals surface area contributed by atoms with Gasteiger partial charge in [0.1, 0.15) is 5.82 Å². The van der Waals surface area contributed by atoms with Crippen LogP contribution in [0.3, 0.4) is 0 Å². The first-order valence-electron chi connectivity index (χ1n) is 11.0. The fourth-order valence-electron chi connectivity index (χ4n) is 4.42. The van der Waals surface area contributed by atoms with Crippen LogP contribution in [-0.4, -0.2) is 58.8 Å². The number of anilines is 1. The molecular formula is C24H27BrFN3O4. The molecule has 2 amide bonds. The smallest absolute Gasteiger partial charge is 0.255 e. The number of aliphatic hydroxyl groups excluding tert-OH is 2. The largest absolute Gasteiger partial charge is 0.380 e. The highest BCUT2D eigenvalue weighted by atomic mass is 79.9. The summed E-state index contributed by atoms with van der Waals surface area (Å²) in [5, 5.41) is 23.2. The summed E-state index contributed by atoms with van der Waals surface area (Å²) in [6, 6.07) is 12.2. The summed E-state index contributed by atoms with van der Waals surface area (Å²) in [6.45, 7) is 2.56. The Morgan fingerprint density at radius 1 is 1.06 bits per heavy atom. The molecule has 0 aliphatic carbocycles. The van der Waals surface area contributed by atoms with E-state index in [1.807, 2.05) is 24.3 Å². The Balaban J connectivity index is 1.23. The van der Waals surface area contributed by atoms with Crippen molar-refractivity contribution in [1.29, 1.82) is 0 Å². The van der Waals surface area contributed by atoms with Gasteiger partial charge in [-0.15, -0.1) is 0 Å². The van der Waals surface area contributed by atoms with Crippen molar-refractivity contribution in [1.82, 2.24) is 10.2 Å². The molecule has 2 aliphatic heterocycles. The number of carbonyl (C=O) groups excluding carboxylic acids is 2. The van der Waals surface area contributed by atoms with Gasteiger partial charge in [0.15, 0.2) is 12.2 Å². The molecule has 9 heteroatoms. The fraction of sp³-hybridized carbons (Fsp3) is 0.417. The van der Waals surface area contributed by atoms with Crippen LogP contribution >= 0.6 is 15.9 Å². The summed E-state index contributed by atoms with van der Waals surface area (Å²) < 4.78 is 14.0. The van der Waals surface area contributed by atoms with Crippen molar-refractivity contribution in [3.05, 3.63) is 63.9 Å². The van der Waals surface area contributed by atoms with Crippen molar-refractivity contribution >= 4 is 33.4 Å². The Morgan fingerprint density at radius 3 is 2.30 bits per heavy atom. The van der Waals surface area contributed by atoms with Gasteiger partial charge in [-0.2, -0.15) is 0 Å². The van der Waals surface area contributed by atoms with Crippen LogP contribution in [-0.2, 0) is 22.7 Å². The molecule has 0 spiro atoms. The first-order chi connectivity index (χ1) is 15.8. The minimum absolute atomic E-state index is 0.206. The van der Waals surface area contributed by atoms with E-state index in [9.17, 15) is 24.2 Å². The van der Waals surface area contributed by atoms with Crippen molar-refractivity contribution in [2.24, 2.45) is 5.92 Å². The second-order valence-electron chi connectivity index (χ2n) is 8.62. The van der Waals surface area contributed by atoms with Crippen LogP contribution in [0.1, 0.15) is 24.0 Å². The van der Waals surface area contributed by atoms with Crippen LogP contribution in [0.25, 0.3) is 0 Å². The van der Waals surface area contributed by atoms with Crippen molar-refractivity contribution in [3.63, 3.8) is 0 Å². The zero-order valence-corrected chi connectivity index (χ0v) is 19.7. The molecule has 2 atom stereocenters. The molecule has 0 aromatic heterocycles. The number of hydrogen-bond acceptors (Lipinski definition) is 5. The lowest BCUT2D eigenvalue weighted by Gasteiger charge is -2.34. The number of amides is 2. The Hall–Kier alpha value is -2.49. The number of piperidine rings is 1. The maximum absolute atomic E-state index is 13.3. The number of aliphatic hydroxyl groups is 2. The van der Waals surface area contributed by atoms with Gasteiger partial charge in [-0.05, 0) is 64.0 Å². The van der Waals surface area contributed by atoms with Crippen molar-refractivity contribution in [2.45, 2.75) is 38.1 Å². The topological polar surface area (TPSA) is 93.1 Å². The molecule has 0 unspecified atom stereocenters. The summed E-state index contributed by atoms with van der Waals surface area (Å²) in [5.41, 5.74) is 2.92. The third-order valence-corrected chi connectivity index (χ3v) is 7.04. The maximum atomic E-state index is 13.3. The lowest BCUT2D eigenvalue weighted by atomic mass is 9.96. The SMILES string of the molecule is O=C(NCC1CCN(c2ccc(F)cc2Br)CC1)[C@H](O)[C@@H](O)C(=O)N1Cc2ccccc2C1. The van der Waals surface area contributed by atoms with Crippen LogP contribution in [0, 0.1) is 11.7 Å².